The number of Topliss-reactive ketones (excluding diaryl/α,β-unsaturated/α-hetero) is 1. The molecule has 4 nitrogen and oxygen atoms in total. The molecule has 1 rings (SSSR count). The minimum Gasteiger partial charge on any atom is -0.327 e. The Balaban J connectivity index is 0.000000734. The highest BCUT2D eigenvalue weighted by atomic mass is 17.2. The van der Waals surface area contributed by atoms with Crippen LogP contribution >= 0.6 is 0 Å². The smallest absolute Gasteiger partial charge is 0.159 e. The molecule has 0 spiro atoms. The van der Waals surface area contributed by atoms with Crippen LogP contribution in [0.25, 0.3) is 0 Å². The lowest BCUT2D eigenvalue weighted by atomic mass is 9.81. The second-order valence-corrected chi connectivity index (χ2v) is 8.02. The highest BCUT2D eigenvalue weighted by Crippen LogP contribution is 2.29. The minimum absolute atomic E-state index is 0.0361. The van der Waals surface area contributed by atoms with Crippen molar-refractivity contribution in [2.75, 3.05) is 13.2 Å². The fourth-order valence-electron chi connectivity index (χ4n) is 2.80. The van der Waals surface area contributed by atoms with Gasteiger partial charge in [0.25, 0.3) is 0 Å². The van der Waals surface area contributed by atoms with Gasteiger partial charge in [-0.15, -0.1) is 13.2 Å². The Morgan fingerprint density at radius 1 is 1.21 bits per heavy atom. The molecule has 0 radical (unpaired) electrons. The molecular formula is C25H41NO3. The Kier molecular flexibility index (Phi) is 14.2. The van der Waals surface area contributed by atoms with Crippen LogP contribution in [0.4, 0.5) is 0 Å². The van der Waals surface area contributed by atoms with Crippen molar-refractivity contribution in [3.63, 3.8) is 0 Å². The van der Waals surface area contributed by atoms with E-state index >= 15 is 0 Å². The van der Waals surface area contributed by atoms with E-state index in [4.69, 9.17) is 15.5 Å². The molecule has 164 valence electrons. The monoisotopic (exact) mass is 403 g/mol. The highest BCUT2D eigenvalue weighted by molar-refractivity contribution is 5.96. The molecule has 1 aliphatic carbocycles. The molecule has 0 aromatic carbocycles. The predicted molar refractivity (Wildman–Crippen MR) is 123 cm³/mol. The van der Waals surface area contributed by atoms with E-state index in [0.29, 0.717) is 19.6 Å². The third-order valence-corrected chi connectivity index (χ3v) is 4.65. The van der Waals surface area contributed by atoms with Crippen molar-refractivity contribution in [3.05, 3.63) is 59.3 Å². The summed E-state index contributed by atoms with van der Waals surface area (Å²) >= 11 is 0. The first kappa shape index (κ1) is 27.2. The van der Waals surface area contributed by atoms with E-state index in [-0.39, 0.29) is 17.8 Å². The van der Waals surface area contributed by atoms with Crippen LogP contribution in [0.2, 0.25) is 0 Å². The third-order valence-electron chi connectivity index (χ3n) is 4.65. The van der Waals surface area contributed by atoms with Crippen LogP contribution in [0.1, 0.15) is 67.2 Å². The number of ketones is 1. The molecule has 1 aliphatic rings. The lowest BCUT2D eigenvalue weighted by molar-refractivity contribution is -0.320. The zero-order valence-electron chi connectivity index (χ0n) is 19.3. The van der Waals surface area contributed by atoms with E-state index in [9.17, 15) is 4.79 Å². The SMILES string of the molecule is C=C(C)CCC=C(C)C.C=C(C)CCOOC1C=C(C)C(=O)C[C@@H]1/C(=C\C)CN. The van der Waals surface area contributed by atoms with Crippen molar-refractivity contribution >= 4 is 5.78 Å². The summed E-state index contributed by atoms with van der Waals surface area (Å²) in [5.41, 5.74) is 11.2. The van der Waals surface area contributed by atoms with Crippen LogP contribution in [0.5, 0.6) is 0 Å². The van der Waals surface area contributed by atoms with Crippen LogP contribution in [0.3, 0.4) is 0 Å². The van der Waals surface area contributed by atoms with Gasteiger partial charge in [-0.1, -0.05) is 34.4 Å². The van der Waals surface area contributed by atoms with Crippen molar-refractivity contribution in [1.29, 1.82) is 0 Å². The second-order valence-electron chi connectivity index (χ2n) is 8.02. The van der Waals surface area contributed by atoms with E-state index in [1.807, 2.05) is 26.0 Å². The van der Waals surface area contributed by atoms with Gasteiger partial charge in [-0.25, -0.2) is 9.78 Å². The zero-order valence-corrected chi connectivity index (χ0v) is 19.3. The summed E-state index contributed by atoms with van der Waals surface area (Å²) in [6.45, 7) is 20.5. The maximum Gasteiger partial charge on any atom is 0.159 e. The van der Waals surface area contributed by atoms with Gasteiger partial charge in [0.1, 0.15) is 6.10 Å². The van der Waals surface area contributed by atoms with Crippen molar-refractivity contribution in [2.24, 2.45) is 11.7 Å². The van der Waals surface area contributed by atoms with Gasteiger partial charge in [0.15, 0.2) is 5.78 Å². The van der Waals surface area contributed by atoms with E-state index in [2.05, 4.69) is 40.0 Å². The number of rotatable bonds is 10. The molecule has 4 heteroatoms. The minimum atomic E-state index is -0.257. The number of carbonyl (C=O) groups excluding carboxylic acids is 1. The molecule has 0 aromatic heterocycles. The highest BCUT2D eigenvalue weighted by Gasteiger charge is 2.31. The fourth-order valence-corrected chi connectivity index (χ4v) is 2.80. The molecule has 2 atom stereocenters. The molecule has 0 saturated heterocycles. The molecule has 0 saturated carbocycles. The maximum atomic E-state index is 11.9. The molecule has 1 unspecified atom stereocenters. The molecular weight excluding hydrogens is 362 g/mol. The zero-order chi connectivity index (χ0) is 22.4. The summed E-state index contributed by atoms with van der Waals surface area (Å²) in [5.74, 6) is 0.107. The lowest BCUT2D eigenvalue weighted by Gasteiger charge is -2.29. The number of hydrogen-bond donors (Lipinski definition) is 1. The second kappa shape index (κ2) is 15.1. The Morgan fingerprint density at radius 2 is 1.83 bits per heavy atom. The Hall–Kier alpha value is -1.75. The van der Waals surface area contributed by atoms with Crippen molar-refractivity contribution < 1.29 is 14.6 Å². The Morgan fingerprint density at radius 3 is 2.31 bits per heavy atom. The van der Waals surface area contributed by atoms with E-state index in [1.165, 1.54) is 11.1 Å². The summed E-state index contributed by atoms with van der Waals surface area (Å²) in [4.78, 5) is 22.6. The largest absolute Gasteiger partial charge is 0.327 e. The van der Waals surface area contributed by atoms with Gasteiger partial charge in [0.2, 0.25) is 0 Å². The third kappa shape index (κ3) is 12.4. The first-order valence-electron chi connectivity index (χ1n) is 10.4. The van der Waals surface area contributed by atoms with Crippen molar-refractivity contribution in [3.8, 4) is 0 Å². The summed E-state index contributed by atoms with van der Waals surface area (Å²) in [7, 11) is 0. The topological polar surface area (TPSA) is 61.5 Å². The van der Waals surface area contributed by atoms with Crippen LogP contribution in [0.15, 0.2) is 59.3 Å². The molecule has 0 bridgehead atoms. The van der Waals surface area contributed by atoms with Crippen LogP contribution in [0, 0.1) is 5.92 Å². The van der Waals surface area contributed by atoms with Crippen LogP contribution < -0.4 is 5.73 Å². The average Bonchev–Trinajstić information content (AvgIpc) is 2.63. The average molecular weight is 404 g/mol. The lowest BCUT2D eigenvalue weighted by Crippen LogP contribution is -2.33. The van der Waals surface area contributed by atoms with E-state index in [0.717, 1.165) is 36.0 Å². The fraction of sp³-hybridized carbons (Fsp3) is 0.560. The van der Waals surface area contributed by atoms with Gasteiger partial charge in [-0.3, -0.25) is 4.79 Å². The maximum absolute atomic E-state index is 11.9. The molecule has 0 amide bonds. The summed E-state index contributed by atoms with van der Waals surface area (Å²) in [5, 5.41) is 0. The summed E-state index contributed by atoms with van der Waals surface area (Å²) < 4.78 is 0. The Labute approximate surface area is 178 Å². The summed E-state index contributed by atoms with van der Waals surface area (Å²) in [6, 6.07) is 0. The van der Waals surface area contributed by atoms with Gasteiger partial charge < -0.3 is 5.73 Å². The molecule has 0 aliphatic heterocycles. The van der Waals surface area contributed by atoms with Crippen LogP contribution in [-0.2, 0) is 14.6 Å². The van der Waals surface area contributed by atoms with E-state index in [1.54, 1.807) is 6.92 Å². The molecule has 0 aromatic rings. The normalized spacial score (nSPS) is 19.1. The van der Waals surface area contributed by atoms with Gasteiger partial charge in [-0.05, 0) is 72.5 Å². The predicted octanol–water partition coefficient (Wildman–Crippen LogP) is 6.02. The van der Waals surface area contributed by atoms with Crippen molar-refractivity contribution in [1.82, 2.24) is 0 Å². The van der Waals surface area contributed by atoms with Gasteiger partial charge >= 0.3 is 0 Å². The number of nitrogens with two attached hydrogens (primary N) is 1. The molecule has 29 heavy (non-hydrogen) atoms. The van der Waals surface area contributed by atoms with Crippen LogP contribution in [-0.4, -0.2) is 25.0 Å². The van der Waals surface area contributed by atoms with Gasteiger partial charge in [-0.2, -0.15) is 0 Å². The number of carbonyl (C=O) groups is 1. The van der Waals surface area contributed by atoms with Crippen molar-refractivity contribution in [2.45, 2.75) is 73.3 Å². The molecule has 2 N–H and O–H groups in total. The number of hydrogen-bond acceptors (Lipinski definition) is 4. The Bertz CT molecular complexity index is 636. The van der Waals surface area contributed by atoms with E-state index < -0.39 is 0 Å². The van der Waals surface area contributed by atoms with Gasteiger partial charge in [0, 0.05) is 18.9 Å². The van der Waals surface area contributed by atoms with Gasteiger partial charge in [0.05, 0.1) is 6.61 Å². The first-order chi connectivity index (χ1) is 13.6. The quantitative estimate of drug-likeness (QED) is 0.210. The standard InChI is InChI=1S/C16H25NO3.C9H16/c1-5-13(10-17)14-9-15(18)12(4)8-16(14)20-19-7-6-11(2)3;1-8(2)6-5-7-9(3)4/h5,8,14,16H,2,6-7,9-10,17H2,1,3-4H3;7H,1,5-6H2,2-4H3/b13-5-;/t14-,16?;/m1./s1. The first-order valence-corrected chi connectivity index (χ1v) is 10.4. The summed E-state index contributed by atoms with van der Waals surface area (Å²) in [6.07, 6.45) is 9.23. The molecule has 0 heterocycles. The molecule has 0 fully saturated rings. The number of allylic oxidation sites excluding steroid dienone is 5.